The van der Waals surface area contributed by atoms with Crippen molar-refractivity contribution in [3.05, 3.63) is 112 Å². The van der Waals surface area contributed by atoms with Crippen LogP contribution in [0.15, 0.2) is 80.1 Å². The topological polar surface area (TPSA) is 121 Å². The summed E-state index contributed by atoms with van der Waals surface area (Å²) in [7, 11) is 3.08. The van der Waals surface area contributed by atoms with Crippen LogP contribution in [0.2, 0.25) is 0 Å². The number of thiazole rings is 1. The highest BCUT2D eigenvalue weighted by Gasteiger charge is 2.34. The first kappa shape index (κ1) is 34.5. The molecular formula is C36H34BrN3O7S. The van der Waals surface area contributed by atoms with E-state index in [0.717, 1.165) is 5.56 Å². The van der Waals surface area contributed by atoms with Crippen LogP contribution < -0.4 is 33.8 Å². The minimum absolute atomic E-state index is 0.0820. The summed E-state index contributed by atoms with van der Waals surface area (Å²) in [6.45, 7) is 7.74. The van der Waals surface area contributed by atoms with Crippen molar-refractivity contribution in [1.29, 1.82) is 5.26 Å². The number of benzene rings is 3. The second-order valence-corrected chi connectivity index (χ2v) is 12.9. The molecule has 0 bridgehead atoms. The van der Waals surface area contributed by atoms with Crippen LogP contribution >= 0.6 is 27.3 Å². The number of hydrogen-bond acceptors (Lipinski definition) is 10. The molecule has 4 aromatic rings. The van der Waals surface area contributed by atoms with Gasteiger partial charge in [0.25, 0.3) is 5.56 Å². The molecule has 1 aliphatic heterocycles. The normalized spacial score (nSPS) is 14.2. The highest BCUT2D eigenvalue weighted by atomic mass is 79.9. The first-order valence-electron chi connectivity index (χ1n) is 15.1. The number of esters is 1. The monoisotopic (exact) mass is 731 g/mol. The van der Waals surface area contributed by atoms with E-state index in [1.807, 2.05) is 38.1 Å². The summed E-state index contributed by atoms with van der Waals surface area (Å²) in [5, 5.41) is 9.06. The molecule has 248 valence electrons. The molecule has 2 heterocycles. The molecule has 1 aliphatic rings. The number of carbonyl (C=O) groups excluding carboxylic acids is 1. The van der Waals surface area contributed by atoms with Crippen LogP contribution in [0, 0.1) is 11.3 Å². The van der Waals surface area contributed by atoms with E-state index in [2.05, 4.69) is 27.0 Å². The molecule has 5 rings (SSSR count). The summed E-state index contributed by atoms with van der Waals surface area (Å²) < 4.78 is 31.3. The Morgan fingerprint density at radius 1 is 1.08 bits per heavy atom. The van der Waals surface area contributed by atoms with Gasteiger partial charge in [-0.25, -0.2) is 9.79 Å². The van der Waals surface area contributed by atoms with E-state index in [1.54, 1.807) is 64.5 Å². The number of carbonyl (C=O) groups is 1. The van der Waals surface area contributed by atoms with Crippen molar-refractivity contribution in [3.8, 4) is 29.1 Å². The maximum atomic E-state index is 14.2. The van der Waals surface area contributed by atoms with E-state index < -0.39 is 12.0 Å². The number of rotatable bonds is 11. The van der Waals surface area contributed by atoms with E-state index in [4.69, 9.17) is 28.9 Å². The van der Waals surface area contributed by atoms with Gasteiger partial charge in [0.15, 0.2) is 27.8 Å². The standard InChI is InChI=1S/C36H34BrN3O7S/c1-7-45-35(42)31-21(4)39-36-40(32(31)25-12-13-27(47-20(2)3)28(17-25)43-5)34(41)30(48-36)16-24-14-26(37)33(29(15-24)44-6)46-19-23-10-8-22(18-38)9-11-23/h8-17,20,32H,7,19H2,1-6H3/b30-16+/t32-/m0/s1. The van der Waals surface area contributed by atoms with Crippen molar-refractivity contribution in [1.82, 2.24) is 4.57 Å². The molecule has 3 aromatic carbocycles. The third-order valence-electron chi connectivity index (χ3n) is 7.40. The Kier molecular flexibility index (Phi) is 10.7. The minimum Gasteiger partial charge on any atom is -0.493 e. The number of aromatic nitrogens is 1. The maximum Gasteiger partial charge on any atom is 0.338 e. The smallest absolute Gasteiger partial charge is 0.338 e. The number of hydrogen-bond donors (Lipinski definition) is 0. The van der Waals surface area contributed by atoms with Crippen molar-refractivity contribution in [2.75, 3.05) is 20.8 Å². The lowest BCUT2D eigenvalue weighted by Gasteiger charge is -2.25. The van der Waals surface area contributed by atoms with Crippen molar-refractivity contribution in [3.63, 3.8) is 0 Å². The SMILES string of the molecule is CCOC(=O)C1=C(C)N=c2s/c(=C/c3cc(Br)c(OCc4ccc(C#N)cc4)c(OC)c3)c(=O)n2[C@H]1c1ccc(OC(C)C)c(OC)c1. The lowest BCUT2D eigenvalue weighted by atomic mass is 9.95. The predicted molar refractivity (Wildman–Crippen MR) is 185 cm³/mol. The van der Waals surface area contributed by atoms with Gasteiger partial charge in [-0.3, -0.25) is 9.36 Å². The van der Waals surface area contributed by atoms with E-state index in [1.165, 1.54) is 15.9 Å². The Balaban J connectivity index is 1.58. The molecule has 0 radical (unpaired) electrons. The van der Waals surface area contributed by atoms with Gasteiger partial charge in [-0.15, -0.1) is 0 Å². The third kappa shape index (κ3) is 7.17. The van der Waals surface area contributed by atoms with Gasteiger partial charge in [0.05, 0.1) is 64.9 Å². The van der Waals surface area contributed by atoms with Crippen LogP contribution in [0.5, 0.6) is 23.0 Å². The Bertz CT molecular complexity index is 2110. The number of nitrogens with zero attached hydrogens (tertiary/aromatic N) is 3. The molecule has 0 spiro atoms. The van der Waals surface area contributed by atoms with Gasteiger partial charge in [-0.05, 0) is 103 Å². The molecular weight excluding hydrogens is 698 g/mol. The van der Waals surface area contributed by atoms with Crippen molar-refractivity contribution in [2.24, 2.45) is 4.99 Å². The second kappa shape index (κ2) is 14.9. The predicted octanol–water partition coefficient (Wildman–Crippen LogP) is 5.82. The van der Waals surface area contributed by atoms with Crippen LogP contribution in [0.3, 0.4) is 0 Å². The molecule has 0 unspecified atom stereocenters. The highest BCUT2D eigenvalue weighted by Crippen LogP contribution is 2.38. The van der Waals surface area contributed by atoms with Crippen molar-refractivity contribution in [2.45, 2.75) is 46.4 Å². The minimum atomic E-state index is -0.816. The van der Waals surface area contributed by atoms with Crippen molar-refractivity contribution >= 4 is 39.3 Å². The molecule has 10 nitrogen and oxygen atoms in total. The third-order valence-corrected chi connectivity index (χ3v) is 8.97. The second-order valence-electron chi connectivity index (χ2n) is 11.0. The summed E-state index contributed by atoms with van der Waals surface area (Å²) in [4.78, 5) is 32.6. The fraction of sp³-hybridized carbons (Fsp3) is 0.278. The van der Waals surface area contributed by atoms with Gasteiger partial charge in [-0.1, -0.05) is 29.5 Å². The molecule has 1 atom stereocenters. The molecule has 48 heavy (non-hydrogen) atoms. The van der Waals surface area contributed by atoms with Gasteiger partial charge in [0.2, 0.25) is 0 Å². The van der Waals surface area contributed by atoms with E-state index in [9.17, 15) is 9.59 Å². The number of allylic oxidation sites excluding steroid dienone is 1. The number of halogens is 1. The quantitative estimate of drug-likeness (QED) is 0.177. The van der Waals surface area contributed by atoms with E-state index in [0.29, 0.717) is 59.2 Å². The van der Waals surface area contributed by atoms with Gasteiger partial charge in [0, 0.05) is 0 Å². The van der Waals surface area contributed by atoms with Gasteiger partial charge in [0.1, 0.15) is 6.61 Å². The lowest BCUT2D eigenvalue weighted by molar-refractivity contribution is -0.139. The molecule has 0 N–H and O–H groups in total. The number of methoxy groups -OCH3 is 2. The number of fused-ring (bicyclic) bond motifs is 1. The molecule has 1 aromatic heterocycles. The van der Waals surface area contributed by atoms with E-state index in [-0.39, 0.29) is 30.5 Å². The maximum absolute atomic E-state index is 14.2. The van der Waals surface area contributed by atoms with Crippen molar-refractivity contribution < 1.29 is 28.5 Å². The van der Waals surface area contributed by atoms with Gasteiger partial charge >= 0.3 is 5.97 Å². The summed E-state index contributed by atoms with van der Waals surface area (Å²) in [5.74, 6) is 1.43. The zero-order chi connectivity index (χ0) is 34.5. The van der Waals surface area contributed by atoms with Gasteiger partial charge in [-0.2, -0.15) is 5.26 Å². The summed E-state index contributed by atoms with van der Waals surface area (Å²) in [5.41, 5.74) is 3.19. The fourth-order valence-corrected chi connectivity index (χ4v) is 6.88. The van der Waals surface area contributed by atoms with Crippen LogP contribution in [-0.4, -0.2) is 37.5 Å². The van der Waals surface area contributed by atoms with Crippen LogP contribution in [-0.2, 0) is 16.1 Å². The average molecular weight is 733 g/mol. The van der Waals surface area contributed by atoms with Crippen LogP contribution in [0.1, 0.15) is 56.0 Å². The summed E-state index contributed by atoms with van der Waals surface area (Å²) in [6, 6.07) is 17.4. The van der Waals surface area contributed by atoms with E-state index >= 15 is 0 Å². The zero-order valence-electron chi connectivity index (χ0n) is 27.3. The Hall–Kier alpha value is -4.86. The zero-order valence-corrected chi connectivity index (χ0v) is 29.7. The average Bonchev–Trinajstić information content (AvgIpc) is 3.37. The summed E-state index contributed by atoms with van der Waals surface area (Å²) >= 11 is 4.82. The molecule has 0 saturated heterocycles. The molecule has 0 amide bonds. The lowest BCUT2D eigenvalue weighted by Crippen LogP contribution is -2.40. The molecule has 12 heteroatoms. The largest absolute Gasteiger partial charge is 0.493 e. The Morgan fingerprint density at radius 2 is 1.81 bits per heavy atom. The number of nitriles is 1. The molecule has 0 aliphatic carbocycles. The first-order valence-corrected chi connectivity index (χ1v) is 16.7. The Morgan fingerprint density at radius 3 is 2.46 bits per heavy atom. The molecule has 0 fully saturated rings. The van der Waals surface area contributed by atoms with Crippen LogP contribution in [0.4, 0.5) is 0 Å². The van der Waals surface area contributed by atoms with Gasteiger partial charge < -0.3 is 23.7 Å². The summed E-state index contributed by atoms with van der Waals surface area (Å²) in [6.07, 6.45) is 1.67. The fourth-order valence-electron chi connectivity index (χ4n) is 5.26. The van der Waals surface area contributed by atoms with Crippen LogP contribution in [0.25, 0.3) is 6.08 Å². The highest BCUT2D eigenvalue weighted by molar-refractivity contribution is 9.10. The first-order chi connectivity index (χ1) is 23.1. The molecule has 0 saturated carbocycles. The number of ether oxygens (including phenoxy) is 5. The Labute approximate surface area is 290 Å².